The number of benzene rings is 1. The topological polar surface area (TPSA) is 69.2 Å². The van der Waals surface area contributed by atoms with Gasteiger partial charge in [0.15, 0.2) is 11.6 Å². The monoisotopic (exact) mass is 296 g/mol. The number of hydrogen-bond donors (Lipinski definition) is 1. The summed E-state index contributed by atoms with van der Waals surface area (Å²) in [5, 5.41) is 2.90. The number of anilines is 1. The zero-order valence-corrected chi connectivity index (χ0v) is 11.6. The minimum atomic E-state index is -1.02. The van der Waals surface area contributed by atoms with Crippen molar-refractivity contribution >= 4 is 5.95 Å². The molecule has 0 saturated carbocycles. The first kappa shape index (κ1) is 14.9. The quantitative estimate of drug-likeness (QED) is 0.884. The molecule has 0 aliphatic heterocycles. The smallest absolute Gasteiger partial charge is 0.330 e. The van der Waals surface area contributed by atoms with Gasteiger partial charge < -0.3 is 14.8 Å². The van der Waals surface area contributed by atoms with Gasteiger partial charge in [-0.1, -0.05) is 0 Å². The van der Waals surface area contributed by atoms with Gasteiger partial charge in [-0.15, -0.1) is 4.98 Å². The molecule has 0 radical (unpaired) electrons. The van der Waals surface area contributed by atoms with E-state index in [2.05, 4.69) is 20.3 Å². The van der Waals surface area contributed by atoms with Gasteiger partial charge in [0.25, 0.3) is 0 Å². The number of hydrogen-bond acceptors (Lipinski definition) is 6. The summed E-state index contributed by atoms with van der Waals surface area (Å²) < 4.78 is 36.5. The molecule has 1 N–H and O–H groups in total. The minimum absolute atomic E-state index is 0.0737. The van der Waals surface area contributed by atoms with Gasteiger partial charge in [0.1, 0.15) is 5.75 Å². The number of nitrogens with one attached hydrogen (secondary N) is 1. The lowest BCUT2D eigenvalue weighted by molar-refractivity contribution is 0.303. The Morgan fingerprint density at radius 3 is 2.48 bits per heavy atom. The highest BCUT2D eigenvalue weighted by Gasteiger charge is 2.10. The zero-order chi connectivity index (χ0) is 15.2. The summed E-state index contributed by atoms with van der Waals surface area (Å²) in [5.74, 6) is -1.63. The number of rotatable bonds is 6. The van der Waals surface area contributed by atoms with Crippen LogP contribution in [0.15, 0.2) is 18.2 Å². The Kier molecular flexibility index (Phi) is 4.81. The van der Waals surface area contributed by atoms with Crippen LogP contribution in [-0.2, 0) is 0 Å². The molecule has 2 aromatic rings. The highest BCUT2D eigenvalue weighted by atomic mass is 19.2. The van der Waals surface area contributed by atoms with Gasteiger partial charge in [0, 0.05) is 12.6 Å². The third-order valence-electron chi connectivity index (χ3n) is 2.30. The fourth-order valence-corrected chi connectivity index (χ4v) is 1.46. The van der Waals surface area contributed by atoms with Gasteiger partial charge in [-0.05, 0) is 26.0 Å². The third-order valence-corrected chi connectivity index (χ3v) is 2.30. The molecule has 0 fully saturated rings. The van der Waals surface area contributed by atoms with E-state index < -0.39 is 11.6 Å². The zero-order valence-electron chi connectivity index (χ0n) is 11.6. The van der Waals surface area contributed by atoms with Crippen LogP contribution in [0.4, 0.5) is 14.7 Å². The van der Waals surface area contributed by atoms with Crippen molar-refractivity contribution in [3.05, 3.63) is 29.8 Å². The Hall–Kier alpha value is -2.51. The van der Waals surface area contributed by atoms with E-state index in [-0.39, 0.29) is 23.7 Å². The van der Waals surface area contributed by atoms with Crippen LogP contribution in [-0.4, -0.2) is 28.1 Å². The molecule has 0 aliphatic rings. The molecule has 2 rings (SSSR count). The second-order valence-electron chi connectivity index (χ2n) is 3.87. The van der Waals surface area contributed by atoms with Crippen LogP contribution in [0.5, 0.6) is 17.8 Å². The van der Waals surface area contributed by atoms with Crippen molar-refractivity contribution < 1.29 is 18.3 Å². The Bertz CT molecular complexity index is 601. The Morgan fingerprint density at radius 1 is 1.05 bits per heavy atom. The first-order chi connectivity index (χ1) is 10.1. The predicted molar refractivity (Wildman–Crippen MR) is 71.6 cm³/mol. The van der Waals surface area contributed by atoms with Gasteiger partial charge in [-0.3, -0.25) is 0 Å². The molecule has 1 heterocycles. The summed E-state index contributed by atoms with van der Waals surface area (Å²) in [5.41, 5.74) is 0. The van der Waals surface area contributed by atoms with Gasteiger partial charge in [0.2, 0.25) is 5.95 Å². The van der Waals surface area contributed by atoms with Crippen molar-refractivity contribution in [1.82, 2.24) is 15.0 Å². The standard InChI is InChI=1S/C13H14F2N4O2/c1-3-16-11-17-12(20-4-2)19-13(18-11)21-8-5-6-9(14)10(15)7-8/h5-7H,3-4H2,1-2H3,(H,16,17,18,19). The lowest BCUT2D eigenvalue weighted by Crippen LogP contribution is -2.07. The maximum Gasteiger partial charge on any atom is 0.330 e. The maximum atomic E-state index is 13.1. The summed E-state index contributed by atoms with van der Waals surface area (Å²) in [6, 6.07) is 3.15. The van der Waals surface area contributed by atoms with E-state index in [0.29, 0.717) is 13.2 Å². The van der Waals surface area contributed by atoms with E-state index >= 15 is 0 Å². The Balaban J connectivity index is 2.26. The maximum absolute atomic E-state index is 13.1. The fraction of sp³-hybridized carbons (Fsp3) is 0.308. The van der Waals surface area contributed by atoms with Crippen LogP contribution in [0.1, 0.15) is 13.8 Å². The summed E-state index contributed by atoms with van der Waals surface area (Å²) in [6.07, 6.45) is 0. The van der Waals surface area contributed by atoms with Crippen LogP contribution < -0.4 is 14.8 Å². The Morgan fingerprint density at radius 2 is 1.81 bits per heavy atom. The van der Waals surface area contributed by atoms with E-state index in [0.717, 1.165) is 12.1 Å². The second-order valence-corrected chi connectivity index (χ2v) is 3.87. The van der Waals surface area contributed by atoms with Crippen molar-refractivity contribution in [3.63, 3.8) is 0 Å². The van der Waals surface area contributed by atoms with Crippen LogP contribution >= 0.6 is 0 Å². The fourth-order valence-electron chi connectivity index (χ4n) is 1.46. The lowest BCUT2D eigenvalue weighted by atomic mass is 10.3. The van der Waals surface area contributed by atoms with Gasteiger partial charge in [0.05, 0.1) is 6.61 Å². The third kappa shape index (κ3) is 3.98. The lowest BCUT2D eigenvalue weighted by Gasteiger charge is -2.08. The van der Waals surface area contributed by atoms with Crippen LogP contribution in [0.25, 0.3) is 0 Å². The van der Waals surface area contributed by atoms with Crippen molar-refractivity contribution in [3.8, 4) is 17.8 Å². The molecule has 6 nitrogen and oxygen atoms in total. The molecule has 1 aromatic carbocycles. The van der Waals surface area contributed by atoms with Crippen molar-refractivity contribution in [1.29, 1.82) is 0 Å². The molecule has 8 heteroatoms. The number of halogens is 2. The highest BCUT2D eigenvalue weighted by Crippen LogP contribution is 2.22. The molecular formula is C13H14F2N4O2. The minimum Gasteiger partial charge on any atom is -0.464 e. The molecule has 112 valence electrons. The molecule has 0 unspecified atom stereocenters. The molecule has 21 heavy (non-hydrogen) atoms. The van der Waals surface area contributed by atoms with Gasteiger partial charge in [-0.25, -0.2) is 8.78 Å². The number of nitrogens with zero attached hydrogens (tertiary/aromatic N) is 3. The van der Waals surface area contributed by atoms with Crippen molar-refractivity contribution in [2.24, 2.45) is 0 Å². The number of aromatic nitrogens is 3. The summed E-state index contributed by atoms with van der Waals surface area (Å²) in [6.45, 7) is 4.63. The van der Waals surface area contributed by atoms with Gasteiger partial charge in [-0.2, -0.15) is 9.97 Å². The molecule has 0 bridgehead atoms. The average Bonchev–Trinajstić information content (AvgIpc) is 2.43. The highest BCUT2D eigenvalue weighted by molar-refractivity contribution is 5.30. The number of ether oxygens (including phenoxy) is 2. The molecule has 0 spiro atoms. The molecule has 0 amide bonds. The van der Waals surface area contributed by atoms with E-state index in [1.54, 1.807) is 6.92 Å². The summed E-state index contributed by atoms with van der Waals surface area (Å²) in [4.78, 5) is 11.9. The second kappa shape index (κ2) is 6.78. The first-order valence-corrected chi connectivity index (χ1v) is 6.38. The van der Waals surface area contributed by atoms with E-state index in [1.165, 1.54) is 6.07 Å². The molecule has 0 saturated heterocycles. The molecule has 0 aliphatic carbocycles. The average molecular weight is 296 g/mol. The SMILES string of the molecule is CCNc1nc(OCC)nc(Oc2ccc(F)c(F)c2)n1. The molecular weight excluding hydrogens is 282 g/mol. The van der Waals surface area contributed by atoms with Gasteiger partial charge >= 0.3 is 12.0 Å². The van der Waals surface area contributed by atoms with Crippen molar-refractivity contribution in [2.45, 2.75) is 13.8 Å². The normalized spacial score (nSPS) is 10.3. The van der Waals surface area contributed by atoms with E-state index in [4.69, 9.17) is 9.47 Å². The molecule has 0 atom stereocenters. The summed E-state index contributed by atoms with van der Waals surface area (Å²) in [7, 11) is 0. The first-order valence-electron chi connectivity index (χ1n) is 6.38. The Labute approximate surface area is 120 Å². The van der Waals surface area contributed by atoms with Crippen molar-refractivity contribution in [2.75, 3.05) is 18.5 Å². The van der Waals surface area contributed by atoms with Crippen LogP contribution in [0.2, 0.25) is 0 Å². The van der Waals surface area contributed by atoms with E-state index in [9.17, 15) is 8.78 Å². The molecule has 1 aromatic heterocycles. The summed E-state index contributed by atoms with van der Waals surface area (Å²) >= 11 is 0. The van der Waals surface area contributed by atoms with E-state index in [1.807, 2.05) is 6.92 Å². The largest absolute Gasteiger partial charge is 0.464 e. The predicted octanol–water partition coefficient (Wildman–Crippen LogP) is 2.77. The van der Waals surface area contributed by atoms with Crippen LogP contribution in [0, 0.1) is 11.6 Å². The van der Waals surface area contributed by atoms with Crippen LogP contribution in [0.3, 0.4) is 0 Å².